The van der Waals surface area contributed by atoms with Gasteiger partial charge in [-0.25, -0.2) is 4.98 Å². The molecule has 0 unspecified atom stereocenters. The fraction of sp³-hybridized carbons (Fsp3) is 0.194. The number of hydrogen-bond acceptors (Lipinski definition) is 6. The number of carbonyl (C=O) groups excluding carboxylic acids is 1. The van der Waals surface area contributed by atoms with Crippen LogP contribution in [0.3, 0.4) is 0 Å². The minimum absolute atomic E-state index is 0.0213. The summed E-state index contributed by atoms with van der Waals surface area (Å²) in [6.45, 7) is 6.50. The largest absolute Gasteiger partial charge is 0.505 e. The van der Waals surface area contributed by atoms with Gasteiger partial charge in [0.15, 0.2) is 6.61 Å². The van der Waals surface area contributed by atoms with Crippen LogP contribution in [0.5, 0.6) is 11.5 Å². The monoisotopic (exact) mass is 557 g/mol. The molecule has 0 saturated heterocycles. The molecule has 2 heterocycles. The fourth-order valence-electron chi connectivity index (χ4n) is 4.51. The number of aromatic hydroxyl groups is 1. The topological polar surface area (TPSA) is 84.3 Å². The zero-order chi connectivity index (χ0) is 27.6. The lowest BCUT2D eigenvalue weighted by atomic mass is 9.82. The van der Waals surface area contributed by atoms with Crippen LogP contribution in [0.25, 0.3) is 32.6 Å². The Labute approximate surface area is 236 Å². The molecule has 5 aromatic rings. The Balaban J connectivity index is 1.46. The molecular weight excluding hydrogens is 530 g/mol. The molecule has 1 amide bonds. The zero-order valence-electron chi connectivity index (χ0n) is 21.9. The Bertz CT molecular complexity index is 1630. The summed E-state index contributed by atoms with van der Waals surface area (Å²) in [6, 6.07) is 19.0. The van der Waals surface area contributed by atoms with E-state index in [0.29, 0.717) is 27.2 Å². The number of phenols is 1. The number of hydrogen-bond donors (Lipinski definition) is 2. The number of phenolic OH excluding ortho intramolecular Hbond substituents is 1. The first-order valence-corrected chi connectivity index (χ1v) is 13.8. The van der Waals surface area contributed by atoms with Gasteiger partial charge in [-0.1, -0.05) is 62.7 Å². The van der Waals surface area contributed by atoms with Crippen molar-refractivity contribution < 1.29 is 14.6 Å². The Morgan fingerprint density at radius 1 is 1.03 bits per heavy atom. The third-order valence-corrected chi connectivity index (χ3v) is 7.51. The lowest BCUT2D eigenvalue weighted by Crippen LogP contribution is -2.28. The fourth-order valence-corrected chi connectivity index (χ4v) is 5.50. The van der Waals surface area contributed by atoms with E-state index in [1.54, 1.807) is 35.7 Å². The molecule has 0 saturated carbocycles. The zero-order valence-corrected chi connectivity index (χ0v) is 23.4. The Morgan fingerprint density at radius 3 is 2.54 bits per heavy atom. The first-order chi connectivity index (χ1) is 18.7. The molecular formula is C31H28ClN3O3S. The van der Waals surface area contributed by atoms with Crippen molar-refractivity contribution in [1.29, 1.82) is 0 Å². The van der Waals surface area contributed by atoms with Crippen LogP contribution in [0.2, 0.25) is 5.02 Å². The maximum Gasteiger partial charge on any atom is 0.258 e. The van der Waals surface area contributed by atoms with Gasteiger partial charge in [-0.05, 0) is 52.4 Å². The third-order valence-electron chi connectivity index (χ3n) is 6.41. The van der Waals surface area contributed by atoms with E-state index in [4.69, 9.17) is 16.3 Å². The van der Waals surface area contributed by atoms with Crippen LogP contribution >= 0.6 is 22.9 Å². The molecule has 39 heavy (non-hydrogen) atoms. The maximum absolute atomic E-state index is 12.3. The predicted octanol–water partition coefficient (Wildman–Crippen LogP) is 7.38. The first-order valence-electron chi connectivity index (χ1n) is 12.5. The Hall–Kier alpha value is -3.94. The average Bonchev–Trinajstić information content (AvgIpc) is 3.47. The molecule has 0 aliphatic heterocycles. The maximum atomic E-state index is 12.3. The minimum Gasteiger partial charge on any atom is -0.505 e. The van der Waals surface area contributed by atoms with Gasteiger partial charge in [0.05, 0.1) is 5.02 Å². The lowest BCUT2D eigenvalue weighted by Gasteiger charge is -2.23. The second-order valence-corrected chi connectivity index (χ2v) is 11.5. The SMILES string of the molecule is CC(C)(C)c1ccc(-c2ccnc3c(O)c(CNC(=O)COc4ccccc4)cc(Cl)c23)cc1-c1nccs1. The normalized spacial score (nSPS) is 11.5. The van der Waals surface area contributed by atoms with Crippen LogP contribution < -0.4 is 10.1 Å². The van der Waals surface area contributed by atoms with E-state index in [1.807, 2.05) is 35.8 Å². The highest BCUT2D eigenvalue weighted by atomic mass is 35.5. The average molecular weight is 558 g/mol. The molecule has 6 nitrogen and oxygen atoms in total. The second kappa shape index (κ2) is 11.0. The van der Waals surface area contributed by atoms with Crippen molar-refractivity contribution in [2.45, 2.75) is 32.7 Å². The van der Waals surface area contributed by atoms with Crippen LogP contribution in [0.4, 0.5) is 0 Å². The molecule has 3 aromatic carbocycles. The van der Waals surface area contributed by atoms with Crippen molar-refractivity contribution in [2.75, 3.05) is 6.61 Å². The van der Waals surface area contributed by atoms with Crippen LogP contribution in [-0.2, 0) is 16.8 Å². The van der Waals surface area contributed by atoms with Gasteiger partial charge >= 0.3 is 0 Å². The summed E-state index contributed by atoms with van der Waals surface area (Å²) in [5.74, 6) is 0.270. The van der Waals surface area contributed by atoms with E-state index in [2.05, 4.69) is 54.3 Å². The Morgan fingerprint density at radius 2 is 1.82 bits per heavy atom. The highest BCUT2D eigenvalue weighted by molar-refractivity contribution is 7.13. The number of ether oxygens (including phenoxy) is 1. The summed E-state index contributed by atoms with van der Waals surface area (Å²) in [7, 11) is 0. The molecule has 0 atom stereocenters. The van der Waals surface area contributed by atoms with Crippen LogP contribution in [0, 0.1) is 0 Å². The van der Waals surface area contributed by atoms with E-state index < -0.39 is 0 Å². The molecule has 0 aliphatic carbocycles. The summed E-state index contributed by atoms with van der Waals surface area (Å²) in [6.07, 6.45) is 3.47. The quantitative estimate of drug-likeness (QED) is 0.218. The van der Waals surface area contributed by atoms with Gasteiger partial charge in [0.1, 0.15) is 22.0 Å². The number of fused-ring (bicyclic) bond motifs is 1. The van der Waals surface area contributed by atoms with E-state index in [9.17, 15) is 9.90 Å². The van der Waals surface area contributed by atoms with Crippen molar-refractivity contribution in [3.05, 3.63) is 94.6 Å². The van der Waals surface area contributed by atoms with Gasteiger partial charge in [0.25, 0.3) is 5.91 Å². The van der Waals surface area contributed by atoms with Gasteiger partial charge in [-0.2, -0.15) is 0 Å². The third kappa shape index (κ3) is 5.75. The lowest BCUT2D eigenvalue weighted by molar-refractivity contribution is -0.123. The number of thiazole rings is 1. The summed E-state index contributed by atoms with van der Waals surface area (Å²) in [4.78, 5) is 21.3. The molecule has 0 bridgehead atoms. The van der Waals surface area contributed by atoms with E-state index >= 15 is 0 Å². The number of aromatic nitrogens is 2. The molecule has 0 spiro atoms. The second-order valence-electron chi connectivity index (χ2n) is 10.2. The number of halogens is 1. The van der Waals surface area contributed by atoms with Crippen LogP contribution in [-0.4, -0.2) is 27.6 Å². The molecule has 2 N–H and O–H groups in total. The molecule has 8 heteroatoms. The van der Waals surface area contributed by atoms with Crippen LogP contribution in [0.1, 0.15) is 31.9 Å². The van der Waals surface area contributed by atoms with Crippen molar-refractivity contribution >= 4 is 39.7 Å². The molecule has 0 aliphatic rings. The summed E-state index contributed by atoms with van der Waals surface area (Å²) >= 11 is 8.39. The van der Waals surface area contributed by atoms with Crippen molar-refractivity contribution in [2.24, 2.45) is 0 Å². The number of rotatable bonds is 7. The molecule has 0 radical (unpaired) electrons. The van der Waals surface area contributed by atoms with Gasteiger partial charge in [0.2, 0.25) is 0 Å². The number of benzene rings is 3. The number of nitrogens with one attached hydrogen (secondary N) is 1. The van der Waals surface area contributed by atoms with E-state index in [-0.39, 0.29) is 30.2 Å². The van der Waals surface area contributed by atoms with Gasteiger partial charge in [-0.15, -0.1) is 11.3 Å². The van der Waals surface area contributed by atoms with Gasteiger partial charge in [-0.3, -0.25) is 9.78 Å². The standard InChI is InChI=1S/C31H28ClN3O3S/c1-31(2,3)24-10-9-19(15-23(24)30-34-13-14-39-30)22-11-12-33-28-27(22)25(32)16-20(29(28)37)17-35-26(36)18-38-21-7-5-4-6-8-21/h4-16,37H,17-18H2,1-3H3,(H,35,36). The number of para-hydroxylation sites is 1. The Kier molecular flexibility index (Phi) is 7.55. The predicted molar refractivity (Wildman–Crippen MR) is 157 cm³/mol. The highest BCUT2D eigenvalue weighted by Gasteiger charge is 2.22. The molecule has 198 valence electrons. The van der Waals surface area contributed by atoms with E-state index in [1.165, 1.54) is 5.56 Å². The molecule has 2 aromatic heterocycles. The summed E-state index contributed by atoms with van der Waals surface area (Å²) in [5.41, 5.74) is 4.84. The van der Waals surface area contributed by atoms with E-state index in [0.717, 1.165) is 21.7 Å². The highest BCUT2D eigenvalue weighted by Crippen LogP contribution is 2.42. The minimum atomic E-state index is -0.315. The number of amides is 1. The van der Waals surface area contributed by atoms with Crippen molar-refractivity contribution in [1.82, 2.24) is 15.3 Å². The number of pyridine rings is 1. The molecule has 0 fully saturated rings. The summed E-state index contributed by atoms with van der Waals surface area (Å²) < 4.78 is 5.49. The number of carbonyl (C=O) groups is 1. The summed E-state index contributed by atoms with van der Waals surface area (Å²) in [5, 5.41) is 17.9. The first kappa shape index (κ1) is 26.7. The van der Waals surface area contributed by atoms with Gasteiger partial charge < -0.3 is 15.2 Å². The number of nitrogens with zero attached hydrogens (tertiary/aromatic N) is 2. The molecule has 5 rings (SSSR count). The van der Waals surface area contributed by atoms with Crippen molar-refractivity contribution in [3.8, 4) is 33.2 Å². The van der Waals surface area contributed by atoms with Crippen molar-refractivity contribution in [3.63, 3.8) is 0 Å². The smallest absolute Gasteiger partial charge is 0.258 e. The van der Waals surface area contributed by atoms with Crippen LogP contribution in [0.15, 0.2) is 78.4 Å². The van der Waals surface area contributed by atoms with Gasteiger partial charge in [0, 0.05) is 40.8 Å².